The van der Waals surface area contributed by atoms with Gasteiger partial charge in [-0.15, -0.1) is 0 Å². The number of carbonyl (C=O) groups is 3. The van der Waals surface area contributed by atoms with Gasteiger partial charge in [0.05, 0.1) is 23.4 Å². The zero-order valence-electron chi connectivity index (χ0n) is 17.9. The highest BCUT2D eigenvalue weighted by atomic mass is 16.3. The Morgan fingerprint density at radius 3 is 2.42 bits per heavy atom. The van der Waals surface area contributed by atoms with Gasteiger partial charge in [0.2, 0.25) is 0 Å². The molecule has 6 heteroatoms. The van der Waals surface area contributed by atoms with Gasteiger partial charge in [-0.1, -0.05) is 51.0 Å². The second-order valence-electron chi connectivity index (χ2n) is 8.61. The molecule has 2 aliphatic rings. The molecule has 0 spiro atoms. The van der Waals surface area contributed by atoms with Crippen LogP contribution >= 0.6 is 0 Å². The van der Waals surface area contributed by atoms with Gasteiger partial charge in [0.25, 0.3) is 5.91 Å². The number of benzene rings is 2. The summed E-state index contributed by atoms with van der Waals surface area (Å²) in [6.07, 6.45) is 3.15. The highest BCUT2D eigenvalue weighted by molar-refractivity contribution is 6.31. The molecule has 2 aliphatic carbocycles. The predicted molar refractivity (Wildman–Crippen MR) is 119 cm³/mol. The van der Waals surface area contributed by atoms with Crippen LogP contribution in [0.3, 0.4) is 0 Å². The largest absolute Gasteiger partial charge is 0.395 e. The number of hydrogen-bond acceptors (Lipinski definition) is 5. The molecule has 6 nitrogen and oxygen atoms in total. The molecule has 3 N–H and O–H groups in total. The Hall–Kier alpha value is -2.99. The molecule has 0 bridgehead atoms. The number of rotatable bonds is 5. The van der Waals surface area contributed by atoms with E-state index in [2.05, 4.69) is 24.5 Å². The van der Waals surface area contributed by atoms with Crippen molar-refractivity contribution in [2.75, 3.05) is 18.5 Å². The summed E-state index contributed by atoms with van der Waals surface area (Å²) in [5.41, 5.74) is 1.82. The van der Waals surface area contributed by atoms with Crippen LogP contribution in [0, 0.1) is 11.8 Å². The quantitative estimate of drug-likeness (QED) is 0.588. The minimum atomic E-state index is -0.292. The standard InChI is InChI=1S/C25H28N2O4/c1-14-6-5-9-20(15(14)2)27-25(31)19-11-10-18-21(22(19)26-12-13-28)24(30)17-8-4-3-7-16(17)23(18)29/h3-4,7-8,10-11,14-15,20,26,28H,5-6,9,12-13H2,1-2H3,(H,27,31)/t14-,15-,20+/m1/s1. The first-order valence-corrected chi connectivity index (χ1v) is 10.9. The van der Waals surface area contributed by atoms with Crippen molar-refractivity contribution in [3.8, 4) is 0 Å². The van der Waals surface area contributed by atoms with Gasteiger partial charge in [-0.3, -0.25) is 14.4 Å². The van der Waals surface area contributed by atoms with Crippen LogP contribution in [-0.2, 0) is 0 Å². The van der Waals surface area contributed by atoms with E-state index in [0.29, 0.717) is 34.2 Å². The van der Waals surface area contributed by atoms with Crippen LogP contribution in [0.2, 0.25) is 0 Å². The number of aliphatic hydroxyl groups excluding tert-OH is 1. The molecule has 0 heterocycles. The minimum absolute atomic E-state index is 0.0658. The third-order valence-corrected chi connectivity index (χ3v) is 6.77. The summed E-state index contributed by atoms with van der Waals surface area (Å²) in [5, 5.41) is 15.5. The third kappa shape index (κ3) is 3.76. The molecule has 0 unspecified atom stereocenters. The number of carbonyl (C=O) groups excluding carboxylic acids is 3. The van der Waals surface area contributed by atoms with Crippen LogP contribution in [0.15, 0.2) is 36.4 Å². The Bertz CT molecular complexity index is 1050. The number of ketones is 2. The van der Waals surface area contributed by atoms with Crippen molar-refractivity contribution in [2.45, 2.75) is 39.2 Å². The van der Waals surface area contributed by atoms with Gasteiger partial charge < -0.3 is 15.7 Å². The van der Waals surface area contributed by atoms with Crippen molar-refractivity contribution in [3.63, 3.8) is 0 Å². The van der Waals surface area contributed by atoms with Gasteiger partial charge in [-0.25, -0.2) is 0 Å². The number of fused-ring (bicyclic) bond motifs is 2. The zero-order chi connectivity index (χ0) is 22.1. The Morgan fingerprint density at radius 1 is 1.00 bits per heavy atom. The lowest BCUT2D eigenvalue weighted by Crippen LogP contribution is -2.44. The summed E-state index contributed by atoms with van der Waals surface area (Å²) in [7, 11) is 0. The molecule has 0 aliphatic heterocycles. The fourth-order valence-corrected chi connectivity index (χ4v) is 4.77. The number of anilines is 1. The molecule has 31 heavy (non-hydrogen) atoms. The predicted octanol–water partition coefficient (Wildman–Crippen LogP) is 3.42. The normalized spacial score (nSPS) is 22.5. The van der Waals surface area contributed by atoms with Gasteiger partial charge in [0.1, 0.15) is 0 Å². The minimum Gasteiger partial charge on any atom is -0.395 e. The summed E-state index contributed by atoms with van der Waals surface area (Å²) in [5.74, 6) is 0.0942. The fraction of sp³-hybridized carbons (Fsp3) is 0.400. The maximum Gasteiger partial charge on any atom is 0.253 e. The first-order chi connectivity index (χ1) is 14.9. The summed E-state index contributed by atoms with van der Waals surface area (Å²) >= 11 is 0. The van der Waals surface area contributed by atoms with E-state index in [0.717, 1.165) is 19.3 Å². The molecule has 0 saturated heterocycles. The topological polar surface area (TPSA) is 95.5 Å². The second kappa shape index (κ2) is 8.63. The Labute approximate surface area is 182 Å². The van der Waals surface area contributed by atoms with Crippen LogP contribution in [-0.4, -0.2) is 41.8 Å². The Kier molecular flexibility index (Phi) is 5.92. The molecule has 0 aromatic heterocycles. The van der Waals surface area contributed by atoms with Crippen molar-refractivity contribution in [1.82, 2.24) is 5.32 Å². The average Bonchev–Trinajstić information content (AvgIpc) is 2.78. The third-order valence-electron chi connectivity index (χ3n) is 6.77. The van der Waals surface area contributed by atoms with E-state index in [1.165, 1.54) is 0 Å². The lowest BCUT2D eigenvalue weighted by molar-refractivity contribution is 0.0891. The van der Waals surface area contributed by atoms with Crippen LogP contribution in [0.25, 0.3) is 0 Å². The summed E-state index contributed by atoms with van der Waals surface area (Å²) in [6.45, 7) is 4.36. The SMILES string of the molecule is C[C@@H]1[C@H](C)CCC[C@@H]1NC(=O)c1ccc2c(c1NCCO)C(=O)c1ccccc1C2=O. The lowest BCUT2D eigenvalue weighted by atomic mass is 9.78. The number of amides is 1. The smallest absolute Gasteiger partial charge is 0.253 e. The maximum atomic E-state index is 13.3. The van der Waals surface area contributed by atoms with E-state index in [-0.39, 0.29) is 47.8 Å². The molecule has 162 valence electrons. The molecule has 1 saturated carbocycles. The van der Waals surface area contributed by atoms with E-state index in [1.54, 1.807) is 36.4 Å². The maximum absolute atomic E-state index is 13.3. The van der Waals surface area contributed by atoms with E-state index >= 15 is 0 Å². The van der Waals surface area contributed by atoms with Gasteiger partial charge in [0.15, 0.2) is 11.6 Å². The Morgan fingerprint density at radius 2 is 1.71 bits per heavy atom. The van der Waals surface area contributed by atoms with Crippen molar-refractivity contribution >= 4 is 23.2 Å². The molecule has 3 atom stereocenters. The summed E-state index contributed by atoms with van der Waals surface area (Å²) in [4.78, 5) is 39.6. The van der Waals surface area contributed by atoms with Crippen LogP contribution in [0.5, 0.6) is 0 Å². The monoisotopic (exact) mass is 420 g/mol. The van der Waals surface area contributed by atoms with Gasteiger partial charge in [-0.05, 0) is 30.4 Å². The highest BCUT2D eigenvalue weighted by Crippen LogP contribution is 2.35. The number of aliphatic hydroxyl groups is 1. The first kappa shape index (κ1) is 21.2. The number of hydrogen-bond donors (Lipinski definition) is 3. The van der Waals surface area contributed by atoms with Crippen molar-refractivity contribution in [2.24, 2.45) is 11.8 Å². The van der Waals surface area contributed by atoms with E-state index in [1.807, 2.05) is 0 Å². The summed E-state index contributed by atoms with van der Waals surface area (Å²) in [6, 6.07) is 9.96. The molecule has 1 fully saturated rings. The number of nitrogens with one attached hydrogen (secondary N) is 2. The summed E-state index contributed by atoms with van der Waals surface area (Å²) < 4.78 is 0. The van der Waals surface area contributed by atoms with Gasteiger partial charge >= 0.3 is 0 Å². The highest BCUT2D eigenvalue weighted by Gasteiger charge is 2.34. The molecular weight excluding hydrogens is 392 g/mol. The fourth-order valence-electron chi connectivity index (χ4n) is 4.77. The molecular formula is C25H28N2O4. The molecule has 0 radical (unpaired) electrons. The van der Waals surface area contributed by atoms with Crippen molar-refractivity contribution in [3.05, 3.63) is 64.2 Å². The molecule has 1 amide bonds. The van der Waals surface area contributed by atoms with E-state index in [9.17, 15) is 19.5 Å². The van der Waals surface area contributed by atoms with Crippen LogP contribution in [0.4, 0.5) is 5.69 Å². The molecule has 2 aromatic rings. The van der Waals surface area contributed by atoms with E-state index < -0.39 is 0 Å². The van der Waals surface area contributed by atoms with Crippen molar-refractivity contribution in [1.29, 1.82) is 0 Å². The van der Waals surface area contributed by atoms with Crippen LogP contribution in [0.1, 0.15) is 75.3 Å². The molecule has 4 rings (SSSR count). The first-order valence-electron chi connectivity index (χ1n) is 10.9. The zero-order valence-corrected chi connectivity index (χ0v) is 17.9. The van der Waals surface area contributed by atoms with E-state index in [4.69, 9.17) is 0 Å². The molecule has 2 aromatic carbocycles. The van der Waals surface area contributed by atoms with Crippen LogP contribution < -0.4 is 10.6 Å². The van der Waals surface area contributed by atoms with Crippen molar-refractivity contribution < 1.29 is 19.5 Å². The van der Waals surface area contributed by atoms with Gasteiger partial charge in [-0.2, -0.15) is 0 Å². The lowest BCUT2D eigenvalue weighted by Gasteiger charge is -2.34. The average molecular weight is 421 g/mol. The second-order valence-corrected chi connectivity index (χ2v) is 8.61. The van der Waals surface area contributed by atoms with Gasteiger partial charge in [0, 0.05) is 29.3 Å². The Balaban J connectivity index is 1.75.